The highest BCUT2D eigenvalue weighted by Crippen LogP contribution is 2.44. The van der Waals surface area contributed by atoms with E-state index in [4.69, 9.17) is 18.8 Å². The Labute approximate surface area is 308 Å². The average molecular weight is 689 g/mol. The summed E-state index contributed by atoms with van der Waals surface area (Å²) in [4.78, 5) is 10.8. The molecule has 0 aliphatic carbocycles. The Hall–Kier alpha value is -7.30. The molecule has 0 atom stereocenters. The van der Waals surface area contributed by atoms with E-state index in [2.05, 4.69) is 140 Å². The molecule has 250 valence electrons. The second kappa shape index (κ2) is 11.1. The van der Waals surface area contributed by atoms with Crippen LogP contribution in [0.2, 0.25) is 0 Å². The van der Waals surface area contributed by atoms with E-state index < -0.39 is 0 Å². The first-order valence-corrected chi connectivity index (χ1v) is 18.2. The van der Waals surface area contributed by atoms with Crippen molar-refractivity contribution in [3.8, 4) is 33.6 Å². The van der Waals surface area contributed by atoms with Gasteiger partial charge in [0.25, 0.3) is 0 Å². The highest BCUT2D eigenvalue weighted by Gasteiger charge is 2.22. The number of para-hydroxylation sites is 2. The third-order valence-electron chi connectivity index (χ3n) is 11.0. The van der Waals surface area contributed by atoms with Crippen molar-refractivity contribution in [2.75, 3.05) is 0 Å². The third-order valence-corrected chi connectivity index (χ3v) is 11.0. The van der Waals surface area contributed by atoms with Gasteiger partial charge in [-0.15, -0.1) is 0 Å². The number of rotatable bonds is 3. The van der Waals surface area contributed by atoms with Crippen molar-refractivity contribution in [2.24, 2.45) is 0 Å². The Balaban J connectivity index is 1.10. The van der Waals surface area contributed by atoms with Crippen molar-refractivity contribution in [2.45, 2.75) is 0 Å². The summed E-state index contributed by atoms with van der Waals surface area (Å²) in [5.41, 5.74) is 11.1. The molecule has 54 heavy (non-hydrogen) atoms. The van der Waals surface area contributed by atoms with Gasteiger partial charge in [0.1, 0.15) is 22.3 Å². The zero-order chi connectivity index (χ0) is 35.3. The number of nitrogens with zero attached hydrogens (tertiary/aromatic N) is 2. The first-order chi connectivity index (χ1) is 26.8. The van der Waals surface area contributed by atoms with E-state index in [0.29, 0.717) is 0 Å². The van der Waals surface area contributed by atoms with Crippen molar-refractivity contribution >= 4 is 87.2 Å². The summed E-state index contributed by atoms with van der Waals surface area (Å²) in [5.74, 6) is 0. The molecular formula is C50H28N2O2. The van der Waals surface area contributed by atoms with E-state index >= 15 is 0 Å². The maximum absolute atomic E-state index is 6.64. The lowest BCUT2D eigenvalue weighted by Crippen LogP contribution is -1.92. The number of furan rings is 2. The molecule has 0 radical (unpaired) electrons. The molecule has 0 unspecified atom stereocenters. The maximum atomic E-state index is 6.64. The largest absolute Gasteiger partial charge is 0.455 e. The van der Waals surface area contributed by atoms with Crippen LogP contribution >= 0.6 is 0 Å². The van der Waals surface area contributed by atoms with Crippen LogP contribution in [0.15, 0.2) is 179 Å². The minimum Gasteiger partial charge on any atom is -0.455 e. The number of fused-ring (bicyclic) bond motifs is 14. The van der Waals surface area contributed by atoms with E-state index in [-0.39, 0.29) is 0 Å². The molecule has 4 aromatic heterocycles. The minimum atomic E-state index is 0.767. The second-order valence-corrected chi connectivity index (χ2v) is 14.0. The first kappa shape index (κ1) is 29.3. The second-order valence-electron chi connectivity index (χ2n) is 14.0. The summed E-state index contributed by atoms with van der Waals surface area (Å²) < 4.78 is 13.1. The molecule has 0 spiro atoms. The Bertz CT molecular complexity index is 3500. The molecule has 0 amide bonds. The number of hydrogen-bond donors (Lipinski definition) is 0. The van der Waals surface area contributed by atoms with Crippen LogP contribution in [0, 0.1) is 0 Å². The molecule has 4 heterocycles. The predicted octanol–water partition coefficient (Wildman–Crippen LogP) is 13.9. The Morgan fingerprint density at radius 2 is 0.981 bits per heavy atom. The molecule has 0 N–H and O–H groups in total. The lowest BCUT2D eigenvalue weighted by atomic mass is 9.93. The zero-order valence-electron chi connectivity index (χ0n) is 28.9. The Kier molecular flexibility index (Phi) is 6.02. The quantitative estimate of drug-likeness (QED) is 0.173. The molecule has 0 aliphatic rings. The van der Waals surface area contributed by atoms with E-state index in [9.17, 15) is 0 Å². The number of benzene rings is 8. The van der Waals surface area contributed by atoms with Crippen LogP contribution in [0.1, 0.15) is 0 Å². The normalized spacial score (nSPS) is 12.1. The van der Waals surface area contributed by atoms with E-state index in [1.807, 2.05) is 30.3 Å². The lowest BCUT2D eigenvalue weighted by molar-refractivity contribution is 0.668. The smallest absolute Gasteiger partial charge is 0.161 e. The van der Waals surface area contributed by atoms with Gasteiger partial charge in [0.15, 0.2) is 5.58 Å². The maximum Gasteiger partial charge on any atom is 0.161 e. The highest BCUT2D eigenvalue weighted by molar-refractivity contribution is 6.25. The van der Waals surface area contributed by atoms with E-state index in [1.54, 1.807) is 0 Å². The average Bonchev–Trinajstić information content (AvgIpc) is 3.82. The van der Waals surface area contributed by atoms with Gasteiger partial charge in [0.05, 0.1) is 22.3 Å². The lowest BCUT2D eigenvalue weighted by Gasteiger charge is -2.14. The Morgan fingerprint density at radius 1 is 0.333 bits per heavy atom. The van der Waals surface area contributed by atoms with E-state index in [0.717, 1.165) is 105 Å². The van der Waals surface area contributed by atoms with Crippen LogP contribution in [0.4, 0.5) is 0 Å². The number of pyridine rings is 2. The molecular weight excluding hydrogens is 661 g/mol. The van der Waals surface area contributed by atoms with Crippen LogP contribution in [0.25, 0.3) is 121 Å². The van der Waals surface area contributed by atoms with Crippen LogP contribution < -0.4 is 0 Å². The summed E-state index contributed by atoms with van der Waals surface area (Å²) in [7, 11) is 0. The molecule has 0 saturated carbocycles. The molecule has 4 nitrogen and oxygen atoms in total. The summed E-state index contributed by atoms with van der Waals surface area (Å²) in [6.45, 7) is 0. The first-order valence-electron chi connectivity index (χ1n) is 18.2. The van der Waals surface area contributed by atoms with E-state index in [1.165, 1.54) is 16.2 Å². The molecule has 4 heteroatoms. The van der Waals surface area contributed by atoms with Crippen LogP contribution in [-0.4, -0.2) is 9.97 Å². The van der Waals surface area contributed by atoms with Crippen LogP contribution in [-0.2, 0) is 0 Å². The number of hydrogen-bond acceptors (Lipinski definition) is 4. The number of aromatic nitrogens is 2. The minimum absolute atomic E-state index is 0.767. The van der Waals surface area contributed by atoms with Crippen molar-refractivity contribution in [1.82, 2.24) is 9.97 Å². The summed E-state index contributed by atoms with van der Waals surface area (Å²) in [6.07, 6.45) is 0. The van der Waals surface area contributed by atoms with Crippen molar-refractivity contribution in [3.63, 3.8) is 0 Å². The highest BCUT2D eigenvalue weighted by atomic mass is 16.3. The van der Waals surface area contributed by atoms with Gasteiger partial charge in [-0.25, -0.2) is 9.97 Å². The van der Waals surface area contributed by atoms with Crippen LogP contribution in [0.5, 0.6) is 0 Å². The fourth-order valence-electron chi connectivity index (χ4n) is 8.53. The van der Waals surface area contributed by atoms with Crippen LogP contribution in [0.3, 0.4) is 0 Å². The summed E-state index contributed by atoms with van der Waals surface area (Å²) >= 11 is 0. The fraction of sp³-hybridized carbons (Fsp3) is 0. The molecule has 0 saturated heterocycles. The molecule has 0 aliphatic heterocycles. The molecule has 12 rings (SSSR count). The van der Waals surface area contributed by atoms with Gasteiger partial charge in [-0.1, -0.05) is 133 Å². The standard InChI is InChI=1S/C50H28N2O2/c1-2-12-30(13-3-1)46-39-24-21-29-11-4-5-16-34(29)44(39)37-23-22-32(28-41(37)51-46)31-14-10-15-33(27-31)47-45-38-18-7-9-20-43(38)53-49(45)40-26-25-36-35-17-6-8-19-42(35)54-50(36)48(40)52-47/h1-28H. The molecule has 12 aromatic rings. The summed E-state index contributed by atoms with van der Waals surface area (Å²) in [6, 6.07) is 59.6. The van der Waals surface area contributed by atoms with Gasteiger partial charge < -0.3 is 8.83 Å². The van der Waals surface area contributed by atoms with Gasteiger partial charge in [0.2, 0.25) is 0 Å². The van der Waals surface area contributed by atoms with Gasteiger partial charge >= 0.3 is 0 Å². The van der Waals surface area contributed by atoms with Gasteiger partial charge in [0, 0.05) is 48.8 Å². The van der Waals surface area contributed by atoms with Crippen molar-refractivity contribution in [1.29, 1.82) is 0 Å². The topological polar surface area (TPSA) is 52.1 Å². The van der Waals surface area contributed by atoms with Gasteiger partial charge in [-0.2, -0.15) is 0 Å². The molecule has 8 aromatic carbocycles. The third kappa shape index (κ3) is 4.19. The molecule has 0 bridgehead atoms. The van der Waals surface area contributed by atoms with Gasteiger partial charge in [-0.3, -0.25) is 0 Å². The SMILES string of the molecule is c1ccc(-c2nc3cc(-c4cccc(-c5nc6c(ccc7c8ccccc8oc76)c6oc7ccccc7c56)c4)ccc3c3c2ccc2ccccc23)cc1. The predicted molar refractivity (Wildman–Crippen MR) is 223 cm³/mol. The molecule has 0 fully saturated rings. The van der Waals surface area contributed by atoms with Gasteiger partial charge in [-0.05, 0) is 58.3 Å². The van der Waals surface area contributed by atoms with Crippen molar-refractivity contribution in [3.05, 3.63) is 170 Å². The fourth-order valence-corrected chi connectivity index (χ4v) is 8.53. The monoisotopic (exact) mass is 688 g/mol. The van der Waals surface area contributed by atoms with Crippen molar-refractivity contribution < 1.29 is 8.83 Å². The zero-order valence-corrected chi connectivity index (χ0v) is 28.9. The summed E-state index contributed by atoms with van der Waals surface area (Å²) in [5, 5.41) is 11.0. The Morgan fingerprint density at radius 3 is 1.87 bits per heavy atom.